The summed E-state index contributed by atoms with van der Waals surface area (Å²) >= 11 is 0. The van der Waals surface area contributed by atoms with Crippen LogP contribution in [0.4, 0.5) is 5.69 Å². The molecule has 2 N–H and O–H groups in total. The van der Waals surface area contributed by atoms with Crippen LogP contribution >= 0.6 is 0 Å². The van der Waals surface area contributed by atoms with Crippen molar-refractivity contribution in [2.24, 2.45) is 0 Å². The molecule has 0 bridgehead atoms. The Labute approximate surface area is 118 Å². The number of aromatic amines is 1. The number of carbonyl (C=O) groups excluding carboxylic acids is 1. The van der Waals surface area contributed by atoms with Gasteiger partial charge in [0, 0.05) is 11.9 Å². The zero-order valence-electron chi connectivity index (χ0n) is 10.7. The van der Waals surface area contributed by atoms with Crippen LogP contribution in [-0.2, 0) is 4.79 Å². The third-order valence-electron chi connectivity index (χ3n) is 3.48. The molecule has 7 nitrogen and oxygen atoms in total. The molecule has 0 aliphatic carbocycles. The highest BCUT2D eigenvalue weighted by Crippen LogP contribution is 2.36. The lowest BCUT2D eigenvalue weighted by Crippen LogP contribution is -2.15. The van der Waals surface area contributed by atoms with Crippen LogP contribution < -0.4 is 5.32 Å². The number of benzene rings is 1. The summed E-state index contributed by atoms with van der Waals surface area (Å²) in [6.45, 7) is 0. The van der Waals surface area contributed by atoms with E-state index in [1.807, 2.05) is 0 Å². The number of anilines is 1. The molecular formula is C14H8N6O. The molecule has 0 saturated heterocycles. The van der Waals surface area contributed by atoms with E-state index < -0.39 is 5.92 Å². The molecule has 0 radical (unpaired) electrons. The van der Waals surface area contributed by atoms with Crippen LogP contribution in [0.5, 0.6) is 0 Å². The van der Waals surface area contributed by atoms with Crippen molar-refractivity contribution in [3.63, 3.8) is 0 Å². The fraction of sp³-hybridized carbons (Fsp3) is 0.0714. The Morgan fingerprint density at radius 2 is 2.19 bits per heavy atom. The topological polar surface area (TPSA) is 107 Å². The van der Waals surface area contributed by atoms with E-state index in [4.69, 9.17) is 5.26 Å². The Hall–Kier alpha value is -3.27. The van der Waals surface area contributed by atoms with Gasteiger partial charge in [0.15, 0.2) is 5.65 Å². The molecule has 3 aromatic rings. The average Bonchev–Trinajstić information content (AvgIpc) is 3.08. The van der Waals surface area contributed by atoms with Crippen molar-refractivity contribution in [2.75, 3.05) is 5.32 Å². The van der Waals surface area contributed by atoms with Crippen LogP contribution in [0.1, 0.15) is 22.9 Å². The largest absolute Gasteiger partial charge is 0.325 e. The second-order valence-electron chi connectivity index (χ2n) is 4.74. The fourth-order valence-corrected chi connectivity index (χ4v) is 2.48. The summed E-state index contributed by atoms with van der Waals surface area (Å²) in [4.78, 5) is 20.8. The van der Waals surface area contributed by atoms with Gasteiger partial charge in [0.1, 0.15) is 11.7 Å². The van der Waals surface area contributed by atoms with Crippen molar-refractivity contribution < 1.29 is 4.79 Å². The van der Waals surface area contributed by atoms with Gasteiger partial charge in [0.25, 0.3) is 0 Å². The van der Waals surface area contributed by atoms with Crippen LogP contribution in [0.15, 0.2) is 30.6 Å². The minimum atomic E-state index is -0.610. The minimum Gasteiger partial charge on any atom is -0.325 e. The van der Waals surface area contributed by atoms with Gasteiger partial charge >= 0.3 is 0 Å². The molecule has 1 aliphatic rings. The van der Waals surface area contributed by atoms with E-state index in [9.17, 15) is 4.79 Å². The second-order valence-corrected chi connectivity index (χ2v) is 4.74. The Bertz CT molecular complexity index is 923. The number of aromatic nitrogens is 4. The Kier molecular flexibility index (Phi) is 2.26. The molecule has 1 aliphatic heterocycles. The maximum atomic E-state index is 12.2. The third-order valence-corrected chi connectivity index (χ3v) is 3.48. The summed E-state index contributed by atoms with van der Waals surface area (Å²) in [5, 5.41) is 19.2. The first kappa shape index (κ1) is 11.5. The first-order chi connectivity index (χ1) is 10.3. The maximum Gasteiger partial charge on any atom is 0.239 e. The van der Waals surface area contributed by atoms with Crippen molar-refractivity contribution >= 4 is 22.6 Å². The lowest BCUT2D eigenvalue weighted by molar-refractivity contribution is -0.116. The summed E-state index contributed by atoms with van der Waals surface area (Å²) in [5.74, 6) is -0.418. The number of carbonyl (C=O) groups is 1. The third kappa shape index (κ3) is 1.66. The normalized spacial score (nSPS) is 16.5. The van der Waals surface area contributed by atoms with Crippen molar-refractivity contribution in [3.05, 3.63) is 47.5 Å². The maximum absolute atomic E-state index is 12.2. The van der Waals surface area contributed by atoms with Gasteiger partial charge in [-0.05, 0) is 23.8 Å². The molecular weight excluding hydrogens is 268 g/mol. The van der Waals surface area contributed by atoms with Crippen LogP contribution in [0.3, 0.4) is 0 Å². The Morgan fingerprint density at radius 3 is 3.05 bits per heavy atom. The summed E-state index contributed by atoms with van der Waals surface area (Å²) in [6.07, 6.45) is 3.25. The number of nitrogens with zero attached hydrogens (tertiary/aromatic N) is 4. The number of hydrogen-bond acceptors (Lipinski definition) is 5. The first-order valence-electron chi connectivity index (χ1n) is 6.27. The van der Waals surface area contributed by atoms with Crippen molar-refractivity contribution in [3.8, 4) is 6.07 Å². The lowest BCUT2D eigenvalue weighted by atomic mass is 9.98. The lowest BCUT2D eigenvalue weighted by Gasteiger charge is -2.07. The van der Waals surface area contributed by atoms with E-state index in [2.05, 4.69) is 31.6 Å². The average molecular weight is 276 g/mol. The van der Waals surface area contributed by atoms with Gasteiger partial charge in [0.05, 0.1) is 23.2 Å². The molecule has 7 heteroatoms. The molecule has 0 saturated carbocycles. The molecule has 1 atom stereocenters. The van der Waals surface area contributed by atoms with Gasteiger partial charge in [-0.25, -0.2) is 9.97 Å². The first-order valence-corrected chi connectivity index (χ1v) is 6.27. The molecule has 21 heavy (non-hydrogen) atoms. The van der Waals surface area contributed by atoms with E-state index in [0.717, 1.165) is 10.9 Å². The van der Waals surface area contributed by atoms with Crippen LogP contribution in [0.25, 0.3) is 11.0 Å². The predicted octanol–water partition coefficient (Wildman–Crippen LogP) is 1.31. The number of fused-ring (bicyclic) bond motifs is 2. The van der Waals surface area contributed by atoms with E-state index in [0.29, 0.717) is 22.7 Å². The molecule has 3 heterocycles. The Morgan fingerprint density at radius 1 is 1.29 bits per heavy atom. The van der Waals surface area contributed by atoms with Crippen LogP contribution in [0.2, 0.25) is 0 Å². The molecule has 100 valence electrons. The summed E-state index contributed by atoms with van der Waals surface area (Å²) in [7, 11) is 0. The Balaban J connectivity index is 1.89. The molecule has 1 amide bonds. The molecule has 0 spiro atoms. The highest BCUT2D eigenvalue weighted by atomic mass is 16.2. The summed E-state index contributed by atoms with van der Waals surface area (Å²) < 4.78 is 0. The van der Waals surface area contributed by atoms with Gasteiger partial charge in [0.2, 0.25) is 5.91 Å². The number of nitriles is 1. The highest BCUT2D eigenvalue weighted by Gasteiger charge is 2.34. The number of amides is 1. The van der Waals surface area contributed by atoms with Crippen molar-refractivity contribution in [2.45, 2.75) is 5.92 Å². The minimum absolute atomic E-state index is 0.195. The van der Waals surface area contributed by atoms with Gasteiger partial charge in [-0.1, -0.05) is 0 Å². The highest BCUT2D eigenvalue weighted by molar-refractivity contribution is 6.04. The standard InChI is InChI=1S/C14H8N6O/c15-4-7-1-2-10-9(3-7)11(14(21)18-10)13-16-5-8-6-17-20-12(8)19-13/h1-3,5-6,11H,(H,18,21)(H,16,17,19,20). The van der Waals surface area contributed by atoms with Gasteiger partial charge < -0.3 is 5.32 Å². The predicted molar refractivity (Wildman–Crippen MR) is 73.3 cm³/mol. The number of H-pyrrole nitrogens is 1. The summed E-state index contributed by atoms with van der Waals surface area (Å²) in [6, 6.07) is 7.16. The van der Waals surface area contributed by atoms with Crippen LogP contribution in [0, 0.1) is 11.3 Å². The van der Waals surface area contributed by atoms with Crippen molar-refractivity contribution in [1.82, 2.24) is 20.2 Å². The van der Waals surface area contributed by atoms with Gasteiger partial charge in [-0.15, -0.1) is 0 Å². The number of hydrogen-bond donors (Lipinski definition) is 2. The van der Waals surface area contributed by atoms with E-state index in [1.165, 1.54) is 0 Å². The molecule has 4 rings (SSSR count). The van der Waals surface area contributed by atoms with E-state index in [-0.39, 0.29) is 5.91 Å². The monoisotopic (exact) mass is 276 g/mol. The quantitative estimate of drug-likeness (QED) is 0.696. The summed E-state index contributed by atoms with van der Waals surface area (Å²) in [5.41, 5.74) is 2.49. The molecule has 1 unspecified atom stereocenters. The molecule has 2 aromatic heterocycles. The zero-order chi connectivity index (χ0) is 14.4. The number of rotatable bonds is 1. The molecule has 1 aromatic carbocycles. The van der Waals surface area contributed by atoms with Crippen LogP contribution in [-0.4, -0.2) is 26.1 Å². The van der Waals surface area contributed by atoms with Crippen molar-refractivity contribution in [1.29, 1.82) is 5.26 Å². The van der Waals surface area contributed by atoms with E-state index in [1.54, 1.807) is 30.6 Å². The van der Waals surface area contributed by atoms with E-state index >= 15 is 0 Å². The SMILES string of the molecule is N#Cc1ccc2c(c1)C(c1ncc3cn[nH]c3n1)C(=O)N2. The second kappa shape index (κ2) is 4.11. The zero-order valence-corrected chi connectivity index (χ0v) is 10.7. The van der Waals surface area contributed by atoms with Gasteiger partial charge in [-0.3, -0.25) is 9.89 Å². The fourth-order valence-electron chi connectivity index (χ4n) is 2.48. The smallest absolute Gasteiger partial charge is 0.239 e. The van der Waals surface area contributed by atoms with Gasteiger partial charge in [-0.2, -0.15) is 10.4 Å². The molecule has 0 fully saturated rings. The number of nitrogens with one attached hydrogen (secondary N) is 2.